The van der Waals surface area contributed by atoms with Gasteiger partial charge in [-0.3, -0.25) is 5.10 Å². The summed E-state index contributed by atoms with van der Waals surface area (Å²) in [7, 11) is 1.87. The minimum absolute atomic E-state index is 0.202. The van der Waals surface area contributed by atoms with Gasteiger partial charge < -0.3 is 10.6 Å². The van der Waals surface area contributed by atoms with Gasteiger partial charge in [0.05, 0.1) is 5.52 Å². The SMILES string of the molecule is Cc1[nH]nc2cc(N(C)c3ncnc(N)n3)ccc12. The molecular formula is C12H13N7. The highest BCUT2D eigenvalue weighted by Gasteiger charge is 2.10. The molecule has 0 aliphatic heterocycles. The van der Waals surface area contributed by atoms with E-state index < -0.39 is 0 Å². The summed E-state index contributed by atoms with van der Waals surface area (Å²) in [5.41, 5.74) is 8.45. The molecule has 0 radical (unpaired) electrons. The molecule has 0 amide bonds. The van der Waals surface area contributed by atoms with E-state index in [1.165, 1.54) is 6.33 Å². The normalized spacial score (nSPS) is 10.8. The quantitative estimate of drug-likeness (QED) is 0.718. The number of nitrogens with zero attached hydrogens (tertiary/aromatic N) is 5. The smallest absolute Gasteiger partial charge is 0.234 e. The fourth-order valence-corrected chi connectivity index (χ4v) is 1.92. The van der Waals surface area contributed by atoms with Crippen molar-refractivity contribution in [2.24, 2.45) is 0 Å². The van der Waals surface area contributed by atoms with Crippen molar-refractivity contribution in [2.75, 3.05) is 17.7 Å². The molecule has 3 N–H and O–H groups in total. The second-order valence-corrected chi connectivity index (χ2v) is 4.25. The number of benzene rings is 1. The Balaban J connectivity index is 2.03. The summed E-state index contributed by atoms with van der Waals surface area (Å²) in [5.74, 6) is 0.702. The number of aryl methyl sites for hydroxylation is 1. The van der Waals surface area contributed by atoms with Gasteiger partial charge in [0.25, 0.3) is 0 Å². The molecule has 0 fully saturated rings. The van der Waals surface area contributed by atoms with Crippen LogP contribution >= 0.6 is 0 Å². The highest BCUT2D eigenvalue weighted by Crippen LogP contribution is 2.25. The maximum absolute atomic E-state index is 5.56. The van der Waals surface area contributed by atoms with Crippen molar-refractivity contribution in [3.8, 4) is 0 Å². The number of nitrogens with one attached hydrogen (secondary N) is 1. The topological polar surface area (TPSA) is 96.6 Å². The van der Waals surface area contributed by atoms with Gasteiger partial charge in [-0.1, -0.05) is 0 Å². The molecule has 0 aliphatic rings. The lowest BCUT2D eigenvalue weighted by Crippen LogP contribution is -2.14. The Morgan fingerprint density at radius 3 is 2.89 bits per heavy atom. The Bertz CT molecular complexity index is 734. The van der Waals surface area contributed by atoms with E-state index in [1.807, 2.05) is 37.1 Å². The standard InChI is InChI=1S/C12H13N7/c1-7-9-4-3-8(5-10(9)18-17-7)19(2)12-15-6-14-11(13)16-12/h3-6H,1-2H3,(H,17,18)(H2,13,14,15,16). The highest BCUT2D eigenvalue weighted by atomic mass is 15.3. The third-order valence-electron chi connectivity index (χ3n) is 2.99. The second kappa shape index (κ2) is 4.20. The number of H-pyrrole nitrogens is 1. The van der Waals surface area contributed by atoms with Gasteiger partial charge in [-0.05, 0) is 25.1 Å². The van der Waals surface area contributed by atoms with Gasteiger partial charge in [0.1, 0.15) is 6.33 Å². The summed E-state index contributed by atoms with van der Waals surface area (Å²) >= 11 is 0. The van der Waals surface area contributed by atoms with Crippen LogP contribution in [0.2, 0.25) is 0 Å². The third-order valence-corrected chi connectivity index (χ3v) is 2.99. The summed E-state index contributed by atoms with van der Waals surface area (Å²) in [6.07, 6.45) is 1.39. The van der Waals surface area contributed by atoms with Crippen molar-refractivity contribution in [3.05, 3.63) is 30.2 Å². The molecule has 3 aromatic rings. The number of hydrogen-bond acceptors (Lipinski definition) is 6. The number of aromatic nitrogens is 5. The maximum atomic E-state index is 5.56. The first-order valence-electron chi connectivity index (χ1n) is 5.78. The molecule has 19 heavy (non-hydrogen) atoms. The van der Waals surface area contributed by atoms with Gasteiger partial charge >= 0.3 is 0 Å². The fraction of sp³-hybridized carbons (Fsp3) is 0.167. The second-order valence-electron chi connectivity index (χ2n) is 4.25. The van der Waals surface area contributed by atoms with Gasteiger partial charge in [-0.2, -0.15) is 10.1 Å². The van der Waals surface area contributed by atoms with Crippen molar-refractivity contribution in [2.45, 2.75) is 6.92 Å². The number of hydrogen-bond donors (Lipinski definition) is 2. The van der Waals surface area contributed by atoms with Crippen LogP contribution in [-0.4, -0.2) is 32.2 Å². The molecule has 2 heterocycles. The monoisotopic (exact) mass is 255 g/mol. The van der Waals surface area contributed by atoms with Crippen molar-refractivity contribution in [1.82, 2.24) is 25.1 Å². The van der Waals surface area contributed by atoms with E-state index in [0.29, 0.717) is 5.95 Å². The van der Waals surface area contributed by atoms with Crippen LogP contribution in [0.5, 0.6) is 0 Å². The zero-order chi connectivity index (χ0) is 13.4. The molecule has 96 valence electrons. The molecule has 0 spiro atoms. The van der Waals surface area contributed by atoms with Crippen LogP contribution in [-0.2, 0) is 0 Å². The molecule has 3 rings (SSSR count). The van der Waals surface area contributed by atoms with Gasteiger partial charge in [-0.15, -0.1) is 0 Å². The zero-order valence-corrected chi connectivity index (χ0v) is 10.6. The van der Waals surface area contributed by atoms with Gasteiger partial charge in [0, 0.05) is 23.8 Å². The number of rotatable bonds is 2. The first-order valence-corrected chi connectivity index (χ1v) is 5.78. The molecule has 1 aromatic carbocycles. The lowest BCUT2D eigenvalue weighted by Gasteiger charge is -2.16. The Kier molecular flexibility index (Phi) is 2.52. The fourth-order valence-electron chi connectivity index (χ4n) is 1.92. The largest absolute Gasteiger partial charge is 0.368 e. The first-order chi connectivity index (χ1) is 9.15. The van der Waals surface area contributed by atoms with E-state index in [4.69, 9.17) is 5.73 Å². The summed E-state index contributed by atoms with van der Waals surface area (Å²) in [6.45, 7) is 1.99. The van der Waals surface area contributed by atoms with Crippen molar-refractivity contribution >= 4 is 28.5 Å². The minimum Gasteiger partial charge on any atom is -0.368 e. The molecule has 0 bridgehead atoms. The van der Waals surface area contributed by atoms with Crippen LogP contribution in [0.3, 0.4) is 0 Å². The molecule has 0 aliphatic carbocycles. The zero-order valence-electron chi connectivity index (χ0n) is 10.6. The highest BCUT2D eigenvalue weighted by molar-refractivity contribution is 5.85. The Morgan fingerprint density at radius 1 is 1.26 bits per heavy atom. The molecule has 0 saturated carbocycles. The van der Waals surface area contributed by atoms with Crippen LogP contribution in [0.4, 0.5) is 17.6 Å². The molecule has 2 aromatic heterocycles. The minimum atomic E-state index is 0.202. The summed E-state index contributed by atoms with van der Waals surface area (Å²) in [4.78, 5) is 13.8. The molecule has 0 atom stereocenters. The molecule has 7 nitrogen and oxygen atoms in total. The lowest BCUT2D eigenvalue weighted by molar-refractivity contribution is 0.996. The van der Waals surface area contributed by atoms with Crippen LogP contribution in [0.25, 0.3) is 10.9 Å². The van der Waals surface area contributed by atoms with Crippen LogP contribution in [0, 0.1) is 6.92 Å². The van der Waals surface area contributed by atoms with E-state index in [9.17, 15) is 0 Å². The number of nitrogen functional groups attached to an aromatic ring is 1. The van der Waals surface area contributed by atoms with Crippen molar-refractivity contribution in [3.63, 3.8) is 0 Å². The lowest BCUT2D eigenvalue weighted by atomic mass is 10.2. The predicted molar refractivity (Wildman–Crippen MR) is 73.1 cm³/mol. The average molecular weight is 255 g/mol. The van der Waals surface area contributed by atoms with Crippen LogP contribution in [0.1, 0.15) is 5.69 Å². The summed E-state index contributed by atoms with van der Waals surface area (Å²) in [6, 6.07) is 5.98. The Morgan fingerprint density at radius 2 is 2.11 bits per heavy atom. The van der Waals surface area contributed by atoms with E-state index in [2.05, 4.69) is 25.1 Å². The predicted octanol–water partition coefficient (Wildman–Crippen LogP) is 1.41. The average Bonchev–Trinajstić information content (AvgIpc) is 2.79. The Labute approximate surface area is 109 Å². The Hall–Kier alpha value is -2.70. The number of aromatic amines is 1. The molecule has 7 heteroatoms. The van der Waals surface area contributed by atoms with Crippen LogP contribution < -0.4 is 10.6 Å². The van der Waals surface area contributed by atoms with E-state index in [0.717, 1.165) is 22.3 Å². The van der Waals surface area contributed by atoms with Crippen LogP contribution in [0.15, 0.2) is 24.5 Å². The van der Waals surface area contributed by atoms with Gasteiger partial charge in [0.15, 0.2) is 0 Å². The van der Waals surface area contributed by atoms with Crippen molar-refractivity contribution < 1.29 is 0 Å². The maximum Gasteiger partial charge on any atom is 0.234 e. The van der Waals surface area contributed by atoms with E-state index >= 15 is 0 Å². The van der Waals surface area contributed by atoms with E-state index in [1.54, 1.807) is 0 Å². The van der Waals surface area contributed by atoms with E-state index in [-0.39, 0.29) is 5.95 Å². The number of anilines is 3. The summed E-state index contributed by atoms with van der Waals surface area (Å²) in [5, 5.41) is 8.31. The first kappa shape index (κ1) is 11.4. The molecule has 0 saturated heterocycles. The summed E-state index contributed by atoms with van der Waals surface area (Å²) < 4.78 is 0. The van der Waals surface area contributed by atoms with Crippen molar-refractivity contribution in [1.29, 1.82) is 0 Å². The molecule has 0 unspecified atom stereocenters. The number of nitrogens with two attached hydrogens (primary N) is 1. The molecular weight excluding hydrogens is 242 g/mol. The third kappa shape index (κ3) is 1.95. The number of fused-ring (bicyclic) bond motifs is 1. The van der Waals surface area contributed by atoms with Gasteiger partial charge in [-0.25, -0.2) is 9.97 Å². The van der Waals surface area contributed by atoms with Gasteiger partial charge in [0.2, 0.25) is 11.9 Å².